The van der Waals surface area contributed by atoms with Crippen molar-refractivity contribution in [3.63, 3.8) is 0 Å². The Labute approximate surface area is 113 Å². The van der Waals surface area contributed by atoms with Crippen LogP contribution < -0.4 is 10.2 Å². The van der Waals surface area contributed by atoms with Crippen LogP contribution in [0.15, 0.2) is 36.4 Å². The third-order valence-electron chi connectivity index (χ3n) is 3.31. The fourth-order valence-electron chi connectivity index (χ4n) is 2.32. The van der Waals surface area contributed by atoms with E-state index in [9.17, 15) is 0 Å². The third-order valence-corrected chi connectivity index (χ3v) is 3.31. The molecule has 1 N–H and O–H groups in total. The molecular formula is C15H18N4. The highest BCUT2D eigenvalue weighted by Crippen LogP contribution is 2.20. The Kier molecular flexibility index (Phi) is 3.42. The molecule has 0 amide bonds. The van der Waals surface area contributed by atoms with Crippen molar-refractivity contribution >= 4 is 5.82 Å². The molecule has 0 bridgehead atoms. The summed E-state index contributed by atoms with van der Waals surface area (Å²) in [7, 11) is 0. The Morgan fingerprint density at radius 1 is 1.05 bits per heavy atom. The lowest BCUT2D eigenvalue weighted by Gasteiger charge is -2.28. The molecule has 1 aliphatic heterocycles. The Hall–Kier alpha value is -1.94. The summed E-state index contributed by atoms with van der Waals surface area (Å²) in [6, 6.07) is 12.2. The summed E-state index contributed by atoms with van der Waals surface area (Å²) in [5.41, 5.74) is 2.09. The topological polar surface area (TPSA) is 41.0 Å². The van der Waals surface area contributed by atoms with Crippen molar-refractivity contribution in [1.29, 1.82) is 0 Å². The number of anilines is 1. The summed E-state index contributed by atoms with van der Waals surface area (Å²) in [5.74, 6) is 1.85. The highest BCUT2D eigenvalue weighted by Gasteiger charge is 2.13. The number of nitrogens with one attached hydrogen (secondary N) is 1. The van der Waals surface area contributed by atoms with E-state index >= 15 is 0 Å². The van der Waals surface area contributed by atoms with E-state index in [-0.39, 0.29) is 0 Å². The molecule has 4 nitrogen and oxygen atoms in total. The van der Waals surface area contributed by atoms with E-state index in [0.717, 1.165) is 49.1 Å². The van der Waals surface area contributed by atoms with Crippen molar-refractivity contribution in [1.82, 2.24) is 15.3 Å². The molecule has 19 heavy (non-hydrogen) atoms. The second-order valence-electron chi connectivity index (χ2n) is 4.79. The van der Waals surface area contributed by atoms with E-state index in [1.54, 1.807) is 0 Å². The Balaban J connectivity index is 1.96. The Bertz CT molecular complexity index is 547. The molecule has 1 aromatic heterocycles. The minimum absolute atomic E-state index is 0.814. The van der Waals surface area contributed by atoms with Crippen LogP contribution in [0.25, 0.3) is 11.4 Å². The van der Waals surface area contributed by atoms with Crippen LogP contribution in [0.5, 0.6) is 0 Å². The van der Waals surface area contributed by atoms with Crippen LogP contribution in [0.3, 0.4) is 0 Å². The first kappa shape index (κ1) is 12.1. The van der Waals surface area contributed by atoms with Crippen molar-refractivity contribution < 1.29 is 0 Å². The second-order valence-corrected chi connectivity index (χ2v) is 4.79. The van der Waals surface area contributed by atoms with E-state index < -0.39 is 0 Å². The lowest BCUT2D eigenvalue weighted by molar-refractivity contribution is 0.584. The minimum atomic E-state index is 0.814. The van der Waals surface area contributed by atoms with E-state index in [2.05, 4.69) is 33.4 Å². The molecule has 0 aliphatic carbocycles. The van der Waals surface area contributed by atoms with Gasteiger partial charge in [-0.15, -0.1) is 0 Å². The van der Waals surface area contributed by atoms with Gasteiger partial charge in [0, 0.05) is 43.5 Å². The highest BCUT2D eigenvalue weighted by molar-refractivity contribution is 5.57. The van der Waals surface area contributed by atoms with Crippen molar-refractivity contribution in [2.24, 2.45) is 0 Å². The van der Waals surface area contributed by atoms with Crippen molar-refractivity contribution in [3.05, 3.63) is 42.1 Å². The quantitative estimate of drug-likeness (QED) is 0.888. The first-order chi connectivity index (χ1) is 9.33. The first-order valence-corrected chi connectivity index (χ1v) is 6.70. The second kappa shape index (κ2) is 5.36. The third kappa shape index (κ3) is 2.74. The molecular weight excluding hydrogens is 236 g/mol. The van der Waals surface area contributed by atoms with Crippen LogP contribution in [-0.4, -0.2) is 36.1 Å². The molecule has 1 fully saturated rings. The molecule has 1 aromatic carbocycles. The minimum Gasteiger partial charge on any atom is -0.354 e. The van der Waals surface area contributed by atoms with Gasteiger partial charge >= 0.3 is 0 Å². The fourth-order valence-corrected chi connectivity index (χ4v) is 2.32. The number of hydrogen-bond donors (Lipinski definition) is 1. The van der Waals surface area contributed by atoms with Gasteiger partial charge in [-0.25, -0.2) is 9.97 Å². The molecule has 0 saturated carbocycles. The molecule has 0 atom stereocenters. The molecule has 1 aliphatic rings. The van der Waals surface area contributed by atoms with Crippen molar-refractivity contribution in [2.45, 2.75) is 6.92 Å². The molecule has 2 heterocycles. The molecule has 4 heteroatoms. The molecule has 3 rings (SSSR count). The predicted octanol–water partition coefficient (Wildman–Crippen LogP) is 1.86. The van der Waals surface area contributed by atoms with E-state index in [1.165, 1.54) is 0 Å². The Morgan fingerprint density at radius 3 is 2.53 bits per heavy atom. The van der Waals surface area contributed by atoms with Gasteiger partial charge in [0.05, 0.1) is 0 Å². The fraction of sp³-hybridized carbons (Fsp3) is 0.333. The van der Waals surface area contributed by atoms with Crippen molar-refractivity contribution in [2.75, 3.05) is 31.1 Å². The standard InChI is InChI=1S/C15H18N4/c1-12-11-14(19-9-7-16-8-10-19)18-15(17-12)13-5-3-2-4-6-13/h2-6,11,16H,7-10H2,1H3. The van der Waals surface area contributed by atoms with E-state index in [4.69, 9.17) is 4.98 Å². The van der Waals surface area contributed by atoms with Crippen molar-refractivity contribution in [3.8, 4) is 11.4 Å². The Morgan fingerprint density at radius 2 is 1.79 bits per heavy atom. The first-order valence-electron chi connectivity index (χ1n) is 6.70. The van der Waals surface area contributed by atoms with Gasteiger partial charge < -0.3 is 10.2 Å². The van der Waals surface area contributed by atoms with Gasteiger partial charge in [-0.05, 0) is 6.92 Å². The summed E-state index contributed by atoms with van der Waals surface area (Å²) in [5, 5.41) is 3.36. The summed E-state index contributed by atoms with van der Waals surface area (Å²) in [4.78, 5) is 11.6. The van der Waals surface area contributed by atoms with Crippen LogP contribution in [0.1, 0.15) is 5.69 Å². The zero-order valence-corrected chi connectivity index (χ0v) is 11.1. The van der Waals surface area contributed by atoms with Crippen LogP contribution in [0, 0.1) is 6.92 Å². The normalized spacial score (nSPS) is 15.5. The number of benzene rings is 1. The highest BCUT2D eigenvalue weighted by atomic mass is 15.2. The van der Waals surface area contributed by atoms with E-state index in [0.29, 0.717) is 0 Å². The molecule has 0 radical (unpaired) electrons. The molecule has 1 saturated heterocycles. The maximum atomic E-state index is 4.71. The maximum absolute atomic E-state index is 4.71. The average molecular weight is 254 g/mol. The van der Waals surface area contributed by atoms with Gasteiger partial charge in [-0.1, -0.05) is 30.3 Å². The summed E-state index contributed by atoms with van der Waals surface area (Å²) in [6.45, 7) is 6.07. The number of hydrogen-bond acceptors (Lipinski definition) is 4. The van der Waals surface area contributed by atoms with Gasteiger partial charge in [-0.2, -0.15) is 0 Å². The smallest absolute Gasteiger partial charge is 0.161 e. The molecule has 0 unspecified atom stereocenters. The van der Waals surface area contributed by atoms with Crippen LogP contribution in [0.4, 0.5) is 5.82 Å². The summed E-state index contributed by atoms with van der Waals surface area (Å²) < 4.78 is 0. The predicted molar refractivity (Wildman–Crippen MR) is 77.3 cm³/mol. The van der Waals surface area contributed by atoms with Crippen LogP contribution in [-0.2, 0) is 0 Å². The summed E-state index contributed by atoms with van der Waals surface area (Å²) >= 11 is 0. The summed E-state index contributed by atoms with van der Waals surface area (Å²) in [6.07, 6.45) is 0. The van der Waals surface area contributed by atoms with Crippen LogP contribution in [0.2, 0.25) is 0 Å². The van der Waals surface area contributed by atoms with Gasteiger partial charge in [0.15, 0.2) is 5.82 Å². The SMILES string of the molecule is Cc1cc(N2CCNCC2)nc(-c2ccccc2)n1. The zero-order chi connectivity index (χ0) is 13.1. The lowest BCUT2D eigenvalue weighted by Crippen LogP contribution is -2.44. The van der Waals surface area contributed by atoms with Gasteiger partial charge in [0.25, 0.3) is 0 Å². The molecule has 2 aromatic rings. The van der Waals surface area contributed by atoms with Gasteiger partial charge in [-0.3, -0.25) is 0 Å². The molecule has 98 valence electrons. The van der Waals surface area contributed by atoms with Crippen LogP contribution >= 0.6 is 0 Å². The number of rotatable bonds is 2. The zero-order valence-electron chi connectivity index (χ0n) is 11.1. The number of aromatic nitrogens is 2. The van der Waals surface area contributed by atoms with E-state index in [1.807, 2.05) is 25.1 Å². The van der Waals surface area contributed by atoms with Gasteiger partial charge in [0.1, 0.15) is 5.82 Å². The number of nitrogens with zero attached hydrogens (tertiary/aromatic N) is 3. The monoisotopic (exact) mass is 254 g/mol. The number of aryl methyl sites for hydroxylation is 1. The maximum Gasteiger partial charge on any atom is 0.161 e. The average Bonchev–Trinajstić information content (AvgIpc) is 2.48. The molecule has 0 spiro atoms. The largest absolute Gasteiger partial charge is 0.354 e. The number of piperazine rings is 1. The lowest BCUT2D eigenvalue weighted by atomic mass is 10.2. The van der Waals surface area contributed by atoms with Gasteiger partial charge in [0.2, 0.25) is 0 Å².